The predicted molar refractivity (Wildman–Crippen MR) is 114 cm³/mol. The lowest BCUT2D eigenvalue weighted by molar-refractivity contribution is -0.139. The molecule has 0 saturated carbocycles. The lowest BCUT2D eigenvalue weighted by Crippen LogP contribution is -2.31. The highest BCUT2D eigenvalue weighted by atomic mass is 35.5. The molecule has 0 bridgehead atoms. The summed E-state index contributed by atoms with van der Waals surface area (Å²) in [6.45, 7) is 2.04. The van der Waals surface area contributed by atoms with Gasteiger partial charge in [0.25, 0.3) is 5.91 Å². The fourth-order valence-corrected chi connectivity index (χ4v) is 4.14. The Kier molecular flexibility index (Phi) is 6.77. The number of halogens is 1. The summed E-state index contributed by atoms with van der Waals surface area (Å²) in [5, 5.41) is 4.61. The molecular weight excluding hydrogens is 420 g/mol. The van der Waals surface area contributed by atoms with Crippen molar-refractivity contribution >= 4 is 63.5 Å². The van der Waals surface area contributed by atoms with E-state index in [4.69, 9.17) is 21.1 Å². The quantitative estimate of drug-likeness (QED) is 0.494. The van der Waals surface area contributed by atoms with E-state index in [0.29, 0.717) is 28.2 Å². The molecule has 3 rings (SSSR count). The van der Waals surface area contributed by atoms with Crippen LogP contribution in [-0.2, 0) is 14.3 Å². The van der Waals surface area contributed by atoms with Crippen LogP contribution in [-0.4, -0.2) is 36.5 Å². The number of thioether (sulfide) groups is 1. The smallest absolute Gasteiger partial charge is 0.316 e. The summed E-state index contributed by atoms with van der Waals surface area (Å²) in [6.07, 6.45) is 1.72. The number of hydrogen-bond acceptors (Lipinski definition) is 7. The molecule has 2 heterocycles. The van der Waals surface area contributed by atoms with Crippen LogP contribution >= 0.6 is 34.7 Å². The van der Waals surface area contributed by atoms with Crippen molar-refractivity contribution < 1.29 is 19.1 Å². The maximum atomic E-state index is 13.0. The van der Waals surface area contributed by atoms with Crippen molar-refractivity contribution in [1.29, 1.82) is 0 Å². The van der Waals surface area contributed by atoms with Gasteiger partial charge in [-0.15, -0.1) is 0 Å². The fourth-order valence-electron chi connectivity index (χ4n) is 2.46. The average Bonchev–Trinajstić information content (AvgIpc) is 3.29. The normalized spacial score (nSPS) is 15.1. The summed E-state index contributed by atoms with van der Waals surface area (Å²) in [6, 6.07) is 6.93. The molecule has 1 amide bonds. The second-order valence-electron chi connectivity index (χ2n) is 5.53. The van der Waals surface area contributed by atoms with Crippen molar-refractivity contribution in [3.63, 3.8) is 0 Å². The zero-order valence-electron chi connectivity index (χ0n) is 15.2. The van der Waals surface area contributed by atoms with E-state index in [1.54, 1.807) is 31.2 Å². The van der Waals surface area contributed by atoms with Gasteiger partial charge in [-0.3, -0.25) is 14.5 Å². The Bertz CT molecular complexity index is 941. The van der Waals surface area contributed by atoms with E-state index in [1.165, 1.54) is 23.3 Å². The van der Waals surface area contributed by atoms with Gasteiger partial charge in [-0.2, -0.15) is 11.3 Å². The minimum atomic E-state index is -0.370. The number of methoxy groups -OCH3 is 1. The fraction of sp³-hybridized carbons (Fsp3) is 0.211. The third-order valence-electron chi connectivity index (χ3n) is 3.69. The van der Waals surface area contributed by atoms with Gasteiger partial charge in [0.15, 0.2) is 5.17 Å². The number of anilines is 1. The molecule has 0 radical (unpaired) electrons. The van der Waals surface area contributed by atoms with Crippen molar-refractivity contribution in [2.75, 3.05) is 24.4 Å². The number of nitrogens with zero attached hydrogens (tertiary/aromatic N) is 2. The monoisotopic (exact) mass is 436 g/mol. The number of amidine groups is 1. The number of carbonyl (C=O) groups is 2. The maximum Gasteiger partial charge on any atom is 0.316 e. The van der Waals surface area contributed by atoms with Crippen molar-refractivity contribution in [3.05, 3.63) is 51.3 Å². The van der Waals surface area contributed by atoms with E-state index >= 15 is 0 Å². The van der Waals surface area contributed by atoms with Crippen LogP contribution in [0.3, 0.4) is 0 Å². The van der Waals surface area contributed by atoms with Crippen molar-refractivity contribution in [2.45, 2.75) is 6.92 Å². The number of amides is 1. The zero-order valence-corrected chi connectivity index (χ0v) is 17.6. The minimum absolute atomic E-state index is 0.0477. The van der Waals surface area contributed by atoms with Gasteiger partial charge in [0.05, 0.1) is 30.2 Å². The number of esters is 1. The Hall–Kier alpha value is -2.29. The molecule has 146 valence electrons. The van der Waals surface area contributed by atoms with Gasteiger partial charge in [-0.25, -0.2) is 4.99 Å². The van der Waals surface area contributed by atoms with E-state index in [9.17, 15) is 9.59 Å². The Labute approximate surface area is 175 Å². The van der Waals surface area contributed by atoms with Gasteiger partial charge in [-0.05, 0) is 53.6 Å². The second-order valence-corrected chi connectivity index (χ2v) is 7.66. The predicted octanol–water partition coefficient (Wildman–Crippen LogP) is 4.45. The molecule has 0 fully saturated rings. The molecule has 1 aromatic heterocycles. The summed E-state index contributed by atoms with van der Waals surface area (Å²) in [4.78, 5) is 30.7. The number of hydrogen-bond donors (Lipinski definition) is 0. The molecular formula is C19H17ClN2O4S2. The number of ether oxygens (including phenoxy) is 2. The number of rotatable bonds is 6. The van der Waals surface area contributed by atoms with Crippen LogP contribution in [0.1, 0.15) is 12.5 Å². The Morgan fingerprint density at radius 1 is 1.39 bits per heavy atom. The molecule has 28 heavy (non-hydrogen) atoms. The van der Waals surface area contributed by atoms with Gasteiger partial charge >= 0.3 is 5.97 Å². The summed E-state index contributed by atoms with van der Waals surface area (Å²) in [5.41, 5.74) is 1.72. The van der Waals surface area contributed by atoms with Crippen LogP contribution in [0.2, 0.25) is 5.02 Å². The first kappa shape index (κ1) is 20.4. The standard InChI is InChI=1S/C19H17ClN2O4S2/c1-3-26-17(23)11-28-19-21-15(8-12-6-7-27-10-12)18(24)22(19)13-4-5-16(25-2)14(20)9-13/h4-10H,3,11H2,1-2H3/b15-8-. The average molecular weight is 437 g/mol. The van der Waals surface area contributed by atoms with E-state index in [0.717, 1.165) is 17.3 Å². The summed E-state index contributed by atoms with van der Waals surface area (Å²) >= 11 is 8.90. The molecule has 6 nitrogen and oxygen atoms in total. The van der Waals surface area contributed by atoms with Crippen molar-refractivity contribution in [1.82, 2.24) is 0 Å². The first-order chi connectivity index (χ1) is 13.5. The van der Waals surface area contributed by atoms with Gasteiger partial charge in [0.1, 0.15) is 11.4 Å². The molecule has 0 spiro atoms. The highest BCUT2D eigenvalue weighted by Gasteiger charge is 2.33. The van der Waals surface area contributed by atoms with Crippen LogP contribution in [0.4, 0.5) is 5.69 Å². The Balaban J connectivity index is 1.93. The Morgan fingerprint density at radius 2 is 2.21 bits per heavy atom. The molecule has 1 aliphatic heterocycles. The number of aliphatic imine (C=N–C) groups is 1. The van der Waals surface area contributed by atoms with Gasteiger partial charge in [0, 0.05) is 0 Å². The third-order valence-corrected chi connectivity index (χ3v) is 5.60. The maximum absolute atomic E-state index is 13.0. The number of carbonyl (C=O) groups excluding carboxylic acids is 2. The van der Waals surface area contributed by atoms with Gasteiger partial charge < -0.3 is 9.47 Å². The lowest BCUT2D eigenvalue weighted by atomic mass is 10.2. The van der Waals surface area contributed by atoms with Gasteiger partial charge in [0.2, 0.25) is 0 Å². The molecule has 0 unspecified atom stereocenters. The molecule has 0 saturated heterocycles. The molecule has 1 aliphatic rings. The summed E-state index contributed by atoms with van der Waals surface area (Å²) in [7, 11) is 1.52. The molecule has 9 heteroatoms. The first-order valence-electron chi connectivity index (χ1n) is 8.32. The second kappa shape index (κ2) is 9.27. The Morgan fingerprint density at radius 3 is 2.86 bits per heavy atom. The molecule has 1 aromatic carbocycles. The van der Waals surface area contributed by atoms with Crippen molar-refractivity contribution in [3.8, 4) is 5.75 Å². The molecule has 0 atom stereocenters. The lowest BCUT2D eigenvalue weighted by Gasteiger charge is -2.18. The van der Waals surface area contributed by atoms with E-state index in [2.05, 4.69) is 4.99 Å². The summed E-state index contributed by atoms with van der Waals surface area (Å²) in [5.74, 6) is -0.111. The topological polar surface area (TPSA) is 68.2 Å². The van der Waals surface area contributed by atoms with E-state index in [1.807, 2.05) is 16.8 Å². The van der Waals surface area contributed by atoms with Crippen LogP contribution < -0.4 is 9.64 Å². The highest BCUT2D eigenvalue weighted by Crippen LogP contribution is 2.34. The zero-order chi connectivity index (χ0) is 20.1. The first-order valence-corrected chi connectivity index (χ1v) is 10.6. The number of thiophene rings is 1. The molecule has 0 N–H and O–H groups in total. The van der Waals surface area contributed by atoms with Crippen LogP contribution in [0.15, 0.2) is 45.7 Å². The summed E-state index contributed by atoms with van der Waals surface area (Å²) < 4.78 is 10.1. The third kappa shape index (κ3) is 4.57. The number of benzene rings is 1. The van der Waals surface area contributed by atoms with Gasteiger partial charge in [-0.1, -0.05) is 23.4 Å². The van der Waals surface area contributed by atoms with Crippen LogP contribution in [0.5, 0.6) is 5.75 Å². The van der Waals surface area contributed by atoms with Crippen LogP contribution in [0, 0.1) is 0 Å². The van der Waals surface area contributed by atoms with Crippen LogP contribution in [0.25, 0.3) is 6.08 Å². The minimum Gasteiger partial charge on any atom is -0.495 e. The highest BCUT2D eigenvalue weighted by molar-refractivity contribution is 8.14. The SMILES string of the molecule is CCOC(=O)CSC1=N/C(=C\c2ccsc2)C(=O)N1c1ccc(OC)c(Cl)c1. The van der Waals surface area contributed by atoms with E-state index in [-0.39, 0.29) is 23.3 Å². The largest absolute Gasteiger partial charge is 0.495 e. The molecule has 0 aliphatic carbocycles. The van der Waals surface area contributed by atoms with E-state index < -0.39 is 0 Å². The molecule has 2 aromatic rings. The van der Waals surface area contributed by atoms with Crippen molar-refractivity contribution in [2.24, 2.45) is 4.99 Å².